The van der Waals surface area contributed by atoms with Gasteiger partial charge in [-0.05, 0) is 6.42 Å². The van der Waals surface area contributed by atoms with Crippen molar-refractivity contribution in [2.45, 2.75) is 19.3 Å². The van der Waals surface area contributed by atoms with E-state index in [1.165, 1.54) is 11.3 Å². The van der Waals surface area contributed by atoms with Crippen molar-refractivity contribution in [3.05, 3.63) is 36.4 Å². The molecule has 0 aromatic carbocycles. The van der Waals surface area contributed by atoms with Crippen molar-refractivity contribution in [3.63, 3.8) is 0 Å². The van der Waals surface area contributed by atoms with Crippen LogP contribution in [-0.4, -0.2) is 41.3 Å². The Morgan fingerprint density at radius 3 is 2.71 bits per heavy atom. The van der Waals surface area contributed by atoms with Crippen LogP contribution in [0.15, 0.2) is 30.7 Å². The third-order valence-corrected chi connectivity index (χ3v) is 4.14. The van der Waals surface area contributed by atoms with Gasteiger partial charge in [-0.2, -0.15) is 0 Å². The van der Waals surface area contributed by atoms with Gasteiger partial charge in [-0.25, -0.2) is 4.98 Å². The fourth-order valence-corrected chi connectivity index (χ4v) is 3.08. The van der Waals surface area contributed by atoms with E-state index in [0.717, 1.165) is 13.0 Å². The Hall–Kier alpha value is -1.95. The summed E-state index contributed by atoms with van der Waals surface area (Å²) in [4.78, 5) is 31.7. The molecule has 0 N–H and O–H groups in total. The summed E-state index contributed by atoms with van der Waals surface area (Å²) >= 11 is 1.41. The second kappa shape index (κ2) is 7.17. The third-order valence-electron chi connectivity index (χ3n) is 3.23. The molecular weight excluding hydrogens is 286 g/mol. The quantitative estimate of drug-likeness (QED) is 0.724. The number of aromatic nitrogens is 1. The van der Waals surface area contributed by atoms with Crippen LogP contribution >= 0.6 is 11.3 Å². The van der Waals surface area contributed by atoms with Crippen LogP contribution in [0.3, 0.4) is 0 Å². The van der Waals surface area contributed by atoms with Crippen LogP contribution < -0.4 is 4.90 Å². The molecule has 0 aliphatic carbocycles. The van der Waals surface area contributed by atoms with Gasteiger partial charge in [0.15, 0.2) is 5.13 Å². The van der Waals surface area contributed by atoms with Crippen LogP contribution in [0.5, 0.6) is 0 Å². The Labute approximate surface area is 128 Å². The van der Waals surface area contributed by atoms with Crippen LogP contribution in [0, 0.1) is 0 Å². The molecule has 2 heterocycles. The van der Waals surface area contributed by atoms with Gasteiger partial charge in [0.25, 0.3) is 0 Å². The SMILES string of the molecule is C=CCN(CC=C)C(=O)Cc1csc(N2CCCC2=O)n1. The summed E-state index contributed by atoms with van der Waals surface area (Å²) in [7, 11) is 0. The average molecular weight is 305 g/mol. The molecule has 21 heavy (non-hydrogen) atoms. The van der Waals surface area contributed by atoms with Crippen molar-refractivity contribution in [1.29, 1.82) is 0 Å². The van der Waals surface area contributed by atoms with E-state index < -0.39 is 0 Å². The Bertz CT molecular complexity index is 543. The Morgan fingerprint density at radius 2 is 2.14 bits per heavy atom. The second-order valence-electron chi connectivity index (χ2n) is 4.82. The van der Waals surface area contributed by atoms with Gasteiger partial charge in [0.1, 0.15) is 0 Å². The molecule has 1 aromatic heterocycles. The van der Waals surface area contributed by atoms with Crippen molar-refractivity contribution in [2.75, 3.05) is 24.5 Å². The summed E-state index contributed by atoms with van der Waals surface area (Å²) in [5.41, 5.74) is 0.706. The topological polar surface area (TPSA) is 53.5 Å². The molecule has 1 saturated heterocycles. The largest absolute Gasteiger partial charge is 0.335 e. The van der Waals surface area contributed by atoms with E-state index in [2.05, 4.69) is 18.1 Å². The molecule has 0 spiro atoms. The van der Waals surface area contributed by atoms with Crippen LogP contribution in [0.25, 0.3) is 0 Å². The molecule has 1 aliphatic rings. The Kier molecular flexibility index (Phi) is 5.27. The van der Waals surface area contributed by atoms with E-state index in [1.807, 2.05) is 5.38 Å². The fraction of sp³-hybridized carbons (Fsp3) is 0.400. The standard InChI is InChI=1S/C15H19N3O2S/c1-3-7-17(8-4-2)14(20)10-12-11-21-15(16-12)18-9-5-6-13(18)19/h3-4,11H,1-2,5-10H2. The minimum atomic E-state index is -0.0144. The number of amides is 2. The smallest absolute Gasteiger partial charge is 0.229 e. The number of carbonyl (C=O) groups is 2. The molecule has 1 fully saturated rings. The Balaban J connectivity index is 2.01. The number of rotatable bonds is 7. The van der Waals surface area contributed by atoms with Crippen molar-refractivity contribution in [2.24, 2.45) is 0 Å². The lowest BCUT2D eigenvalue weighted by molar-refractivity contribution is -0.129. The van der Waals surface area contributed by atoms with Crippen LogP contribution in [-0.2, 0) is 16.0 Å². The summed E-state index contributed by atoms with van der Waals surface area (Å²) < 4.78 is 0. The molecule has 0 unspecified atom stereocenters. The van der Waals surface area contributed by atoms with Gasteiger partial charge in [0.2, 0.25) is 11.8 Å². The first-order chi connectivity index (χ1) is 10.2. The molecule has 6 heteroatoms. The normalized spacial score (nSPS) is 14.3. The van der Waals surface area contributed by atoms with Gasteiger partial charge in [-0.1, -0.05) is 12.2 Å². The highest BCUT2D eigenvalue weighted by Gasteiger charge is 2.24. The van der Waals surface area contributed by atoms with E-state index in [4.69, 9.17) is 0 Å². The molecule has 0 saturated carbocycles. The number of hydrogen-bond acceptors (Lipinski definition) is 4. The van der Waals surface area contributed by atoms with Gasteiger partial charge in [-0.3, -0.25) is 14.5 Å². The molecule has 0 bridgehead atoms. The van der Waals surface area contributed by atoms with Crippen LogP contribution in [0.1, 0.15) is 18.5 Å². The minimum Gasteiger partial charge on any atom is -0.335 e. The molecule has 0 radical (unpaired) electrons. The molecule has 112 valence electrons. The molecule has 2 rings (SSSR count). The average Bonchev–Trinajstić information content (AvgIpc) is 3.07. The highest BCUT2D eigenvalue weighted by atomic mass is 32.1. The first kappa shape index (κ1) is 15.4. The predicted molar refractivity (Wildman–Crippen MR) is 84.4 cm³/mol. The lowest BCUT2D eigenvalue weighted by atomic mass is 10.3. The van der Waals surface area contributed by atoms with E-state index in [-0.39, 0.29) is 18.2 Å². The van der Waals surface area contributed by atoms with E-state index in [9.17, 15) is 9.59 Å². The van der Waals surface area contributed by atoms with Crippen molar-refractivity contribution in [3.8, 4) is 0 Å². The number of hydrogen-bond donors (Lipinski definition) is 0. The summed E-state index contributed by atoms with van der Waals surface area (Å²) in [5, 5.41) is 2.54. The van der Waals surface area contributed by atoms with Crippen molar-refractivity contribution < 1.29 is 9.59 Å². The van der Waals surface area contributed by atoms with Gasteiger partial charge in [-0.15, -0.1) is 24.5 Å². The highest BCUT2D eigenvalue weighted by molar-refractivity contribution is 7.14. The maximum atomic E-state index is 12.2. The van der Waals surface area contributed by atoms with Gasteiger partial charge in [0.05, 0.1) is 12.1 Å². The first-order valence-electron chi connectivity index (χ1n) is 6.90. The number of nitrogens with zero attached hydrogens (tertiary/aromatic N) is 3. The van der Waals surface area contributed by atoms with Crippen molar-refractivity contribution >= 4 is 28.3 Å². The molecule has 0 atom stereocenters. The van der Waals surface area contributed by atoms with Gasteiger partial charge >= 0.3 is 0 Å². The van der Waals surface area contributed by atoms with E-state index >= 15 is 0 Å². The molecule has 5 nitrogen and oxygen atoms in total. The van der Waals surface area contributed by atoms with Gasteiger partial charge < -0.3 is 4.90 Å². The molecule has 1 aliphatic heterocycles. The Morgan fingerprint density at radius 1 is 1.43 bits per heavy atom. The van der Waals surface area contributed by atoms with E-state index in [1.54, 1.807) is 22.0 Å². The number of anilines is 1. The predicted octanol–water partition coefficient (Wildman–Crippen LogP) is 2.01. The van der Waals surface area contributed by atoms with Crippen LogP contribution in [0.4, 0.5) is 5.13 Å². The third kappa shape index (κ3) is 3.78. The monoisotopic (exact) mass is 305 g/mol. The first-order valence-corrected chi connectivity index (χ1v) is 7.78. The fourth-order valence-electron chi connectivity index (χ4n) is 2.21. The van der Waals surface area contributed by atoms with Gasteiger partial charge in [0, 0.05) is 31.4 Å². The lowest BCUT2D eigenvalue weighted by Gasteiger charge is -2.18. The molecule has 1 aromatic rings. The number of thiazole rings is 1. The van der Waals surface area contributed by atoms with Crippen molar-refractivity contribution in [1.82, 2.24) is 9.88 Å². The summed E-state index contributed by atoms with van der Waals surface area (Å²) in [5.74, 6) is 0.0987. The molecule has 2 amide bonds. The highest BCUT2D eigenvalue weighted by Crippen LogP contribution is 2.25. The zero-order chi connectivity index (χ0) is 15.2. The maximum Gasteiger partial charge on any atom is 0.229 e. The summed E-state index contributed by atoms with van der Waals surface area (Å²) in [6.07, 6.45) is 5.08. The minimum absolute atomic E-state index is 0.0144. The maximum absolute atomic E-state index is 12.2. The summed E-state index contributed by atoms with van der Waals surface area (Å²) in [6, 6.07) is 0. The second-order valence-corrected chi connectivity index (χ2v) is 5.66. The zero-order valence-electron chi connectivity index (χ0n) is 12.0. The van der Waals surface area contributed by atoms with E-state index in [0.29, 0.717) is 30.3 Å². The molecular formula is C15H19N3O2S. The van der Waals surface area contributed by atoms with Crippen LogP contribution in [0.2, 0.25) is 0 Å². The number of carbonyl (C=O) groups excluding carboxylic acids is 2. The zero-order valence-corrected chi connectivity index (χ0v) is 12.8. The summed E-state index contributed by atoms with van der Waals surface area (Å²) in [6.45, 7) is 9.01. The lowest BCUT2D eigenvalue weighted by Crippen LogP contribution is -2.32.